The fraction of sp³-hybridized carbons (Fsp3) is 0.312. The number of aromatic amines is 1. The number of ether oxygens (including phenoxy) is 2. The lowest BCUT2D eigenvalue weighted by Crippen LogP contribution is -2.45. The number of methoxy groups -OCH3 is 1. The normalized spacial score (nSPS) is 16.8. The summed E-state index contributed by atoms with van der Waals surface area (Å²) in [5, 5.41) is 2.83. The fourth-order valence-corrected chi connectivity index (χ4v) is 2.49. The Bertz CT molecular complexity index is 717. The largest absolute Gasteiger partial charge is 0.497 e. The third kappa shape index (κ3) is 3.48. The number of hydrogen-bond donors (Lipinski definition) is 2. The molecule has 1 atom stereocenters. The molecule has 0 aliphatic carbocycles. The van der Waals surface area contributed by atoms with Crippen LogP contribution in [-0.4, -0.2) is 46.6 Å². The van der Waals surface area contributed by atoms with Crippen molar-refractivity contribution in [2.45, 2.75) is 19.1 Å². The second-order valence-corrected chi connectivity index (χ2v) is 5.37. The standard InChI is InChI=1S/C16H18N4O4/c1-23-13-4-2-3-11(5-13)6-18-15(21)14-9-24-16(22)20(14)8-12-7-17-10-19-12/h2-5,7,10,14H,6,8-9H2,1H3,(H,17,19)(H,18,21)/t14-/m0/s1. The molecule has 2 heterocycles. The monoisotopic (exact) mass is 330 g/mol. The molecule has 2 aromatic rings. The molecule has 1 aromatic heterocycles. The second-order valence-electron chi connectivity index (χ2n) is 5.37. The number of carbonyl (C=O) groups is 2. The highest BCUT2D eigenvalue weighted by Crippen LogP contribution is 2.16. The van der Waals surface area contributed by atoms with Crippen LogP contribution in [0.3, 0.4) is 0 Å². The van der Waals surface area contributed by atoms with Gasteiger partial charge in [-0.25, -0.2) is 9.78 Å². The molecule has 1 saturated heterocycles. The number of nitrogens with one attached hydrogen (secondary N) is 2. The zero-order valence-electron chi connectivity index (χ0n) is 13.2. The highest BCUT2D eigenvalue weighted by molar-refractivity contribution is 5.87. The maximum atomic E-state index is 12.4. The number of amides is 2. The van der Waals surface area contributed by atoms with Crippen LogP contribution >= 0.6 is 0 Å². The number of rotatable bonds is 6. The number of H-pyrrole nitrogens is 1. The van der Waals surface area contributed by atoms with Crippen molar-refractivity contribution in [3.8, 4) is 5.75 Å². The number of carbonyl (C=O) groups excluding carboxylic acids is 2. The minimum atomic E-state index is -0.661. The van der Waals surface area contributed by atoms with Crippen molar-refractivity contribution in [3.05, 3.63) is 48.0 Å². The summed E-state index contributed by atoms with van der Waals surface area (Å²) in [5.74, 6) is 0.463. The highest BCUT2D eigenvalue weighted by atomic mass is 16.6. The lowest BCUT2D eigenvalue weighted by molar-refractivity contribution is -0.125. The van der Waals surface area contributed by atoms with Crippen molar-refractivity contribution < 1.29 is 19.1 Å². The zero-order chi connectivity index (χ0) is 16.9. The Kier molecular flexibility index (Phi) is 4.64. The van der Waals surface area contributed by atoms with E-state index in [0.717, 1.165) is 17.0 Å². The summed E-state index contributed by atoms with van der Waals surface area (Å²) in [6.45, 7) is 0.631. The average molecular weight is 330 g/mol. The van der Waals surface area contributed by atoms with Gasteiger partial charge in [-0.05, 0) is 17.7 Å². The minimum Gasteiger partial charge on any atom is -0.497 e. The summed E-state index contributed by atoms with van der Waals surface area (Å²) in [6, 6.07) is 6.76. The Morgan fingerprint density at radius 1 is 1.54 bits per heavy atom. The molecule has 8 nitrogen and oxygen atoms in total. The smallest absolute Gasteiger partial charge is 0.411 e. The van der Waals surface area contributed by atoms with Crippen molar-refractivity contribution in [2.75, 3.05) is 13.7 Å². The molecule has 3 rings (SSSR count). The summed E-state index contributed by atoms with van der Waals surface area (Å²) >= 11 is 0. The van der Waals surface area contributed by atoms with E-state index in [0.29, 0.717) is 6.54 Å². The van der Waals surface area contributed by atoms with Crippen LogP contribution in [-0.2, 0) is 22.6 Å². The number of aromatic nitrogens is 2. The third-order valence-electron chi connectivity index (χ3n) is 3.77. The molecule has 126 valence electrons. The lowest BCUT2D eigenvalue weighted by atomic mass is 10.2. The van der Waals surface area contributed by atoms with Gasteiger partial charge in [0.2, 0.25) is 5.91 Å². The van der Waals surface area contributed by atoms with Crippen molar-refractivity contribution >= 4 is 12.0 Å². The summed E-state index contributed by atoms with van der Waals surface area (Å²) in [7, 11) is 1.59. The Hall–Kier alpha value is -3.03. The van der Waals surface area contributed by atoms with Crippen LogP contribution in [0.15, 0.2) is 36.8 Å². The molecule has 1 aromatic carbocycles. The van der Waals surface area contributed by atoms with E-state index >= 15 is 0 Å². The fourth-order valence-electron chi connectivity index (χ4n) is 2.49. The van der Waals surface area contributed by atoms with Gasteiger partial charge < -0.3 is 19.8 Å². The third-order valence-corrected chi connectivity index (χ3v) is 3.77. The first-order valence-corrected chi connectivity index (χ1v) is 7.48. The Balaban J connectivity index is 1.61. The van der Waals surface area contributed by atoms with Gasteiger partial charge in [-0.15, -0.1) is 0 Å². The van der Waals surface area contributed by atoms with Gasteiger partial charge in [0.25, 0.3) is 0 Å². The van der Waals surface area contributed by atoms with E-state index in [2.05, 4.69) is 15.3 Å². The number of imidazole rings is 1. The van der Waals surface area contributed by atoms with Gasteiger partial charge in [-0.1, -0.05) is 12.1 Å². The van der Waals surface area contributed by atoms with E-state index in [4.69, 9.17) is 9.47 Å². The van der Waals surface area contributed by atoms with E-state index in [1.165, 1.54) is 11.2 Å². The molecule has 1 aliphatic rings. The van der Waals surface area contributed by atoms with E-state index in [1.807, 2.05) is 24.3 Å². The molecule has 0 radical (unpaired) electrons. The Morgan fingerprint density at radius 2 is 2.42 bits per heavy atom. The first-order chi connectivity index (χ1) is 11.7. The predicted molar refractivity (Wildman–Crippen MR) is 84.1 cm³/mol. The summed E-state index contributed by atoms with van der Waals surface area (Å²) in [6.07, 6.45) is 2.62. The van der Waals surface area contributed by atoms with Gasteiger partial charge in [0.05, 0.1) is 25.7 Å². The molecule has 1 fully saturated rings. The first kappa shape index (κ1) is 15.9. The second kappa shape index (κ2) is 7.03. The molecule has 0 saturated carbocycles. The molecule has 0 bridgehead atoms. The summed E-state index contributed by atoms with van der Waals surface area (Å²) in [5.41, 5.74) is 1.65. The quantitative estimate of drug-likeness (QED) is 0.825. The molecule has 8 heteroatoms. The molecule has 0 spiro atoms. The predicted octanol–water partition coefficient (Wildman–Crippen LogP) is 1.06. The van der Waals surface area contributed by atoms with Crippen LogP contribution in [0.25, 0.3) is 0 Å². The molecule has 1 aliphatic heterocycles. The number of hydrogen-bond acceptors (Lipinski definition) is 5. The van der Waals surface area contributed by atoms with Gasteiger partial charge in [-0.2, -0.15) is 0 Å². The van der Waals surface area contributed by atoms with Gasteiger partial charge in [0, 0.05) is 12.7 Å². The van der Waals surface area contributed by atoms with Gasteiger partial charge >= 0.3 is 6.09 Å². The minimum absolute atomic E-state index is 0.0386. The van der Waals surface area contributed by atoms with Gasteiger partial charge in [0.1, 0.15) is 18.4 Å². The van der Waals surface area contributed by atoms with Crippen molar-refractivity contribution in [1.29, 1.82) is 0 Å². The van der Waals surface area contributed by atoms with E-state index in [1.54, 1.807) is 13.3 Å². The zero-order valence-corrected chi connectivity index (χ0v) is 13.2. The van der Waals surface area contributed by atoms with Crippen LogP contribution < -0.4 is 10.1 Å². The Labute approximate surface area is 138 Å². The molecule has 2 amide bonds. The number of cyclic esters (lactones) is 1. The number of benzene rings is 1. The molecule has 0 unspecified atom stereocenters. The topological polar surface area (TPSA) is 96.5 Å². The molecular weight excluding hydrogens is 312 g/mol. The van der Waals surface area contributed by atoms with E-state index < -0.39 is 12.1 Å². The van der Waals surface area contributed by atoms with Gasteiger partial charge in [0.15, 0.2) is 0 Å². The van der Waals surface area contributed by atoms with Crippen molar-refractivity contribution in [2.24, 2.45) is 0 Å². The van der Waals surface area contributed by atoms with Gasteiger partial charge in [-0.3, -0.25) is 9.69 Å². The SMILES string of the molecule is COc1cccc(CNC(=O)[C@@H]2COC(=O)N2Cc2cnc[nH]2)c1. The Morgan fingerprint density at radius 3 is 3.17 bits per heavy atom. The average Bonchev–Trinajstić information content (AvgIpc) is 3.24. The first-order valence-electron chi connectivity index (χ1n) is 7.48. The van der Waals surface area contributed by atoms with E-state index in [9.17, 15) is 9.59 Å². The molecular formula is C16H18N4O4. The van der Waals surface area contributed by atoms with Crippen molar-refractivity contribution in [3.63, 3.8) is 0 Å². The van der Waals surface area contributed by atoms with Crippen molar-refractivity contribution in [1.82, 2.24) is 20.2 Å². The van der Waals surface area contributed by atoms with Crippen LogP contribution in [0.4, 0.5) is 4.79 Å². The maximum absolute atomic E-state index is 12.4. The molecule has 24 heavy (non-hydrogen) atoms. The van der Waals surface area contributed by atoms with Crippen LogP contribution in [0.2, 0.25) is 0 Å². The van der Waals surface area contributed by atoms with Crippen LogP contribution in [0.5, 0.6) is 5.75 Å². The lowest BCUT2D eigenvalue weighted by Gasteiger charge is -2.20. The molecule has 2 N–H and O–H groups in total. The number of nitrogens with zero attached hydrogens (tertiary/aromatic N) is 2. The summed E-state index contributed by atoms with van der Waals surface area (Å²) in [4.78, 5) is 32.5. The highest BCUT2D eigenvalue weighted by Gasteiger charge is 2.38. The van der Waals surface area contributed by atoms with Crippen LogP contribution in [0.1, 0.15) is 11.3 Å². The maximum Gasteiger partial charge on any atom is 0.411 e. The van der Waals surface area contributed by atoms with Crippen LogP contribution in [0, 0.1) is 0 Å². The summed E-state index contributed by atoms with van der Waals surface area (Å²) < 4.78 is 10.2. The van der Waals surface area contributed by atoms with E-state index in [-0.39, 0.29) is 19.1 Å².